The van der Waals surface area contributed by atoms with Crippen molar-refractivity contribution in [2.24, 2.45) is 22.7 Å². The van der Waals surface area contributed by atoms with E-state index in [1.165, 1.54) is 40.2 Å². The van der Waals surface area contributed by atoms with Crippen LogP contribution in [-0.2, 0) is 57.1 Å². The van der Waals surface area contributed by atoms with Crippen LogP contribution in [-0.4, -0.2) is 80.9 Å². The zero-order valence-corrected chi connectivity index (χ0v) is 29.1. The maximum Gasteiger partial charge on any atom is 0.303 e. The molecular weight excluding hydrogens is 612 g/mol. The van der Waals surface area contributed by atoms with Gasteiger partial charge in [0, 0.05) is 34.6 Å². The van der Waals surface area contributed by atoms with Crippen LogP contribution in [0.5, 0.6) is 0 Å². The van der Waals surface area contributed by atoms with E-state index in [1.807, 2.05) is 6.08 Å². The van der Waals surface area contributed by atoms with Crippen molar-refractivity contribution in [2.75, 3.05) is 26.4 Å². The van der Waals surface area contributed by atoms with Crippen molar-refractivity contribution in [3.05, 3.63) is 23.3 Å². The van der Waals surface area contributed by atoms with Gasteiger partial charge in [-0.3, -0.25) is 24.0 Å². The number of ether oxygens (including phenoxy) is 7. The van der Waals surface area contributed by atoms with Gasteiger partial charge >= 0.3 is 29.8 Å². The minimum absolute atomic E-state index is 0.000289. The number of rotatable bonds is 13. The first kappa shape index (κ1) is 38.2. The zero-order chi connectivity index (χ0) is 34.9. The monoisotopic (exact) mass is 664 g/mol. The third kappa shape index (κ3) is 10.1. The third-order valence-corrected chi connectivity index (χ3v) is 10.2. The highest BCUT2D eigenvalue weighted by molar-refractivity contribution is 5.68. The summed E-state index contributed by atoms with van der Waals surface area (Å²) in [6.07, 6.45) is 5.01. The van der Waals surface area contributed by atoms with Gasteiger partial charge in [-0.15, -0.1) is 0 Å². The summed E-state index contributed by atoms with van der Waals surface area (Å²) < 4.78 is 39.3. The van der Waals surface area contributed by atoms with Gasteiger partial charge in [0.25, 0.3) is 0 Å². The molecule has 3 aliphatic rings. The maximum atomic E-state index is 12.2. The number of esters is 5. The molecule has 12 heteroatoms. The van der Waals surface area contributed by atoms with Crippen LogP contribution in [0.2, 0.25) is 0 Å². The summed E-state index contributed by atoms with van der Waals surface area (Å²) >= 11 is 0. The Bertz CT molecular complexity index is 1220. The van der Waals surface area contributed by atoms with E-state index in [0.29, 0.717) is 12.3 Å². The molecular formula is C35H52O12. The molecule has 0 aromatic heterocycles. The Hall–Kier alpha value is -3.25. The molecule has 0 N–H and O–H groups in total. The first-order chi connectivity index (χ1) is 22.1. The van der Waals surface area contributed by atoms with Gasteiger partial charge in [0.2, 0.25) is 0 Å². The average Bonchev–Trinajstić information content (AvgIpc) is 2.96. The number of hydrogen-bond donors (Lipinski definition) is 0. The molecule has 0 spiro atoms. The molecule has 0 amide bonds. The highest BCUT2D eigenvalue weighted by Crippen LogP contribution is 2.62. The van der Waals surface area contributed by atoms with E-state index in [9.17, 15) is 24.0 Å². The van der Waals surface area contributed by atoms with Gasteiger partial charge in [-0.1, -0.05) is 25.5 Å². The predicted molar refractivity (Wildman–Crippen MR) is 168 cm³/mol. The molecule has 1 saturated heterocycles. The smallest absolute Gasteiger partial charge is 0.303 e. The van der Waals surface area contributed by atoms with Crippen LogP contribution in [0, 0.1) is 22.7 Å². The lowest BCUT2D eigenvalue weighted by atomic mass is 9.46. The average molecular weight is 665 g/mol. The molecule has 1 heterocycles. The first-order valence-corrected chi connectivity index (χ1v) is 16.4. The molecule has 3 rings (SSSR count). The minimum atomic E-state index is -1.16. The second-order valence-corrected chi connectivity index (χ2v) is 13.5. The van der Waals surface area contributed by atoms with E-state index < -0.39 is 54.4 Å². The zero-order valence-electron chi connectivity index (χ0n) is 29.1. The van der Waals surface area contributed by atoms with Crippen molar-refractivity contribution in [2.45, 2.75) is 119 Å². The van der Waals surface area contributed by atoms with Crippen LogP contribution in [0.15, 0.2) is 23.3 Å². The molecule has 47 heavy (non-hydrogen) atoms. The summed E-state index contributed by atoms with van der Waals surface area (Å²) in [5.74, 6) is -2.25. The molecule has 0 radical (unpaired) electrons. The molecule has 0 unspecified atom stereocenters. The molecule has 0 bridgehead atoms. The molecule has 1 saturated carbocycles. The van der Waals surface area contributed by atoms with Crippen molar-refractivity contribution >= 4 is 29.8 Å². The van der Waals surface area contributed by atoms with Gasteiger partial charge in [-0.05, 0) is 79.8 Å². The standard InChI is InChI=1S/C35H52O12/c1-21-10-9-11-30-34(21,7)16-13-28(35(30,8)15-12-27(18-42-23(3)37)14-17-41-22(2)36)19-43-33-32(47-26(6)40)31(46-25(5)39)29(20-44-33)45-24(4)38/h10,14,28-33H,9,11-13,15-20H2,1-8H3/b27-14+/t28-,29-,30-,31+,32-,33-,34-,35-/m0/s1. The largest absolute Gasteiger partial charge is 0.462 e. The summed E-state index contributed by atoms with van der Waals surface area (Å²) in [7, 11) is 0. The van der Waals surface area contributed by atoms with Gasteiger partial charge < -0.3 is 33.2 Å². The summed E-state index contributed by atoms with van der Waals surface area (Å²) in [4.78, 5) is 59.0. The van der Waals surface area contributed by atoms with Gasteiger partial charge in [-0.2, -0.15) is 0 Å². The molecule has 12 nitrogen and oxygen atoms in total. The normalized spacial score (nSPS) is 32.3. The van der Waals surface area contributed by atoms with Gasteiger partial charge in [-0.25, -0.2) is 0 Å². The van der Waals surface area contributed by atoms with Crippen LogP contribution in [0.25, 0.3) is 0 Å². The lowest BCUT2D eigenvalue weighted by Gasteiger charge is -2.59. The van der Waals surface area contributed by atoms with Crippen molar-refractivity contribution in [3.63, 3.8) is 0 Å². The molecule has 2 fully saturated rings. The molecule has 264 valence electrons. The highest BCUT2D eigenvalue weighted by atomic mass is 16.7. The Labute approximate surface area is 277 Å². The summed E-state index contributed by atoms with van der Waals surface area (Å²) in [5.41, 5.74) is 2.01. The topological polar surface area (TPSA) is 150 Å². The number of carbonyl (C=O) groups is 5. The van der Waals surface area contributed by atoms with Crippen LogP contribution in [0.4, 0.5) is 0 Å². The second-order valence-electron chi connectivity index (χ2n) is 13.5. The van der Waals surface area contributed by atoms with E-state index in [1.54, 1.807) is 0 Å². The lowest BCUT2D eigenvalue weighted by Crippen LogP contribution is -2.58. The number of fused-ring (bicyclic) bond motifs is 1. The van der Waals surface area contributed by atoms with E-state index in [-0.39, 0.29) is 43.2 Å². The fraction of sp³-hybridized carbons (Fsp3) is 0.743. The number of carbonyl (C=O) groups excluding carboxylic acids is 5. The van der Waals surface area contributed by atoms with Gasteiger partial charge in [0.05, 0.1) is 13.2 Å². The molecule has 2 aliphatic carbocycles. The van der Waals surface area contributed by atoms with Crippen molar-refractivity contribution in [1.29, 1.82) is 0 Å². The van der Waals surface area contributed by atoms with Crippen molar-refractivity contribution in [3.8, 4) is 0 Å². The summed E-state index contributed by atoms with van der Waals surface area (Å²) in [6, 6.07) is 0. The fourth-order valence-electron chi connectivity index (χ4n) is 7.66. The lowest BCUT2D eigenvalue weighted by molar-refractivity contribution is -0.286. The van der Waals surface area contributed by atoms with Crippen LogP contribution < -0.4 is 0 Å². The highest BCUT2D eigenvalue weighted by Gasteiger charge is 2.55. The van der Waals surface area contributed by atoms with E-state index in [2.05, 4.69) is 26.8 Å². The Kier molecular flexibility index (Phi) is 13.6. The Morgan fingerprint density at radius 3 is 2.13 bits per heavy atom. The third-order valence-electron chi connectivity index (χ3n) is 10.2. The predicted octanol–water partition coefficient (Wildman–Crippen LogP) is 4.77. The summed E-state index contributed by atoms with van der Waals surface area (Å²) in [5, 5.41) is 0. The van der Waals surface area contributed by atoms with E-state index in [0.717, 1.165) is 37.7 Å². The second kappa shape index (κ2) is 16.7. The van der Waals surface area contributed by atoms with Crippen LogP contribution in [0.1, 0.15) is 93.9 Å². The quantitative estimate of drug-likeness (QED) is 0.152. The minimum Gasteiger partial charge on any atom is -0.462 e. The van der Waals surface area contributed by atoms with Crippen LogP contribution >= 0.6 is 0 Å². The first-order valence-electron chi connectivity index (χ1n) is 16.4. The fourth-order valence-corrected chi connectivity index (χ4v) is 7.66. The Morgan fingerprint density at radius 1 is 0.872 bits per heavy atom. The maximum absolute atomic E-state index is 12.2. The number of allylic oxidation sites excluding steroid dienone is 2. The van der Waals surface area contributed by atoms with Crippen molar-refractivity contribution in [1.82, 2.24) is 0 Å². The summed E-state index contributed by atoms with van der Waals surface area (Å²) in [6.45, 7) is 13.6. The SMILES string of the molecule is CC(=O)OC/C=C(\CC[C@@]1(C)[C@H](CO[C@H]2OC[C@H](OC(C)=O)[C@@H](OC(C)=O)[C@@H]2OC(C)=O)CC[C@@]2(C)C(C)=CCC[C@H]12)COC(C)=O. The molecule has 1 aliphatic heterocycles. The van der Waals surface area contributed by atoms with E-state index in [4.69, 9.17) is 33.2 Å². The van der Waals surface area contributed by atoms with Gasteiger partial charge in [0.15, 0.2) is 24.6 Å². The molecule has 0 aromatic rings. The Morgan fingerprint density at radius 2 is 1.51 bits per heavy atom. The van der Waals surface area contributed by atoms with Crippen molar-refractivity contribution < 1.29 is 57.1 Å². The van der Waals surface area contributed by atoms with Gasteiger partial charge in [0.1, 0.15) is 13.2 Å². The van der Waals surface area contributed by atoms with E-state index >= 15 is 0 Å². The molecule has 0 aromatic carbocycles. The molecule has 8 atom stereocenters. The number of hydrogen-bond acceptors (Lipinski definition) is 12. The Balaban J connectivity index is 1.89. The van der Waals surface area contributed by atoms with Crippen LogP contribution in [0.3, 0.4) is 0 Å².